The zero-order valence-corrected chi connectivity index (χ0v) is 11.4. The van der Waals surface area contributed by atoms with Crippen LogP contribution in [0, 0.1) is 0 Å². The predicted octanol–water partition coefficient (Wildman–Crippen LogP) is 2.31. The van der Waals surface area contributed by atoms with Crippen LogP contribution in [-0.4, -0.2) is 28.0 Å². The molecule has 0 atom stereocenters. The van der Waals surface area contributed by atoms with Crippen molar-refractivity contribution in [3.8, 4) is 0 Å². The van der Waals surface area contributed by atoms with Gasteiger partial charge < -0.3 is 13.9 Å². The molecule has 3 aromatic rings. The van der Waals surface area contributed by atoms with Crippen LogP contribution in [0.1, 0.15) is 12.2 Å². The highest BCUT2D eigenvalue weighted by molar-refractivity contribution is 5.77. The van der Waals surface area contributed by atoms with E-state index in [0.29, 0.717) is 25.5 Å². The average molecular weight is 285 g/mol. The lowest BCUT2D eigenvalue weighted by Gasteiger charge is -2.35. The van der Waals surface area contributed by atoms with Crippen molar-refractivity contribution in [3.63, 3.8) is 0 Å². The summed E-state index contributed by atoms with van der Waals surface area (Å²) in [6.45, 7) is 1.67. The summed E-state index contributed by atoms with van der Waals surface area (Å²) in [7, 11) is 0. The number of rotatable bonds is 3. The molecule has 6 nitrogen and oxygen atoms in total. The molecule has 0 unspecified atom stereocenters. The molecule has 2 aromatic heterocycles. The maximum absolute atomic E-state index is 5.95. The number of hydrogen-bond donors (Lipinski definition) is 0. The highest BCUT2D eigenvalue weighted by Crippen LogP contribution is 2.35. The smallest absolute Gasteiger partial charge is 0.248 e. The van der Waals surface area contributed by atoms with Crippen LogP contribution in [-0.2, 0) is 21.8 Å². The Bertz CT molecular complexity index is 697. The normalized spacial score (nSPS) is 18.1. The fourth-order valence-corrected chi connectivity index (χ4v) is 2.58. The second kappa shape index (κ2) is 4.98. The molecule has 0 amide bonds. The molecule has 0 spiro atoms. The van der Waals surface area contributed by atoms with E-state index in [1.807, 2.05) is 30.3 Å². The minimum atomic E-state index is -0.940. The Balaban J connectivity index is 1.77. The van der Waals surface area contributed by atoms with Gasteiger partial charge in [0.05, 0.1) is 13.2 Å². The van der Waals surface area contributed by atoms with Gasteiger partial charge in [0.15, 0.2) is 5.76 Å². The summed E-state index contributed by atoms with van der Waals surface area (Å²) in [5.41, 5.74) is 0.822. The zero-order chi connectivity index (χ0) is 14.1. The molecule has 6 heteroatoms. The molecule has 1 aromatic carbocycles. The van der Waals surface area contributed by atoms with E-state index < -0.39 is 5.79 Å². The van der Waals surface area contributed by atoms with Crippen molar-refractivity contribution in [2.45, 2.75) is 18.8 Å². The summed E-state index contributed by atoms with van der Waals surface area (Å²) < 4.78 is 19.5. The number of benzene rings is 1. The summed E-state index contributed by atoms with van der Waals surface area (Å²) in [5, 5.41) is 5.17. The Labute approximate surface area is 121 Å². The molecule has 0 aliphatic carbocycles. The second-order valence-electron chi connectivity index (χ2n) is 5.04. The van der Waals surface area contributed by atoms with Crippen molar-refractivity contribution in [2.24, 2.45) is 0 Å². The van der Waals surface area contributed by atoms with Crippen molar-refractivity contribution in [1.29, 1.82) is 0 Å². The summed E-state index contributed by atoms with van der Waals surface area (Å²) in [6, 6.07) is 9.84. The lowest BCUT2D eigenvalue weighted by Crippen LogP contribution is -2.41. The summed E-state index contributed by atoms with van der Waals surface area (Å²) in [6.07, 6.45) is 4.01. The summed E-state index contributed by atoms with van der Waals surface area (Å²) >= 11 is 0. The number of aromatic nitrogens is 3. The molecule has 0 N–H and O–H groups in total. The number of fused-ring (bicyclic) bond motifs is 1. The lowest BCUT2D eigenvalue weighted by atomic mass is 10.1. The first kappa shape index (κ1) is 12.6. The van der Waals surface area contributed by atoms with E-state index in [9.17, 15) is 0 Å². The third-order valence-electron chi connectivity index (χ3n) is 3.60. The van der Waals surface area contributed by atoms with E-state index in [0.717, 1.165) is 17.4 Å². The molecule has 108 valence electrons. The van der Waals surface area contributed by atoms with Crippen LogP contribution in [0.25, 0.3) is 11.0 Å². The monoisotopic (exact) mass is 285 g/mol. The van der Waals surface area contributed by atoms with E-state index in [2.05, 4.69) is 10.1 Å². The standard InChI is InChI=1S/C15H15N3O3/c1-2-5-13-12(4-1)8-14(21-13)15(19-6-3-7-20-15)9-18-11-16-10-17-18/h1-2,4-5,8,10-11H,3,6-7,9H2. The Morgan fingerprint density at radius 2 is 2.05 bits per heavy atom. The number of hydrogen-bond acceptors (Lipinski definition) is 5. The molecular formula is C15H15N3O3. The van der Waals surface area contributed by atoms with Gasteiger partial charge in [0, 0.05) is 5.39 Å². The Kier molecular flexibility index (Phi) is 2.98. The molecule has 1 fully saturated rings. The van der Waals surface area contributed by atoms with Crippen molar-refractivity contribution in [3.05, 3.63) is 48.7 Å². The summed E-state index contributed by atoms with van der Waals surface area (Å²) in [5.74, 6) is -0.274. The Morgan fingerprint density at radius 3 is 2.81 bits per heavy atom. The highest BCUT2D eigenvalue weighted by Gasteiger charge is 2.41. The van der Waals surface area contributed by atoms with Crippen LogP contribution in [0.5, 0.6) is 0 Å². The SMILES string of the molecule is c1ccc2oc(C3(Cn4cncn4)OCCCO3)cc2c1. The maximum atomic E-state index is 5.95. The number of ether oxygens (including phenoxy) is 2. The first-order chi connectivity index (χ1) is 10.4. The quantitative estimate of drug-likeness (QED) is 0.739. The number of para-hydroxylation sites is 1. The lowest BCUT2D eigenvalue weighted by molar-refractivity contribution is -0.292. The molecule has 1 aliphatic rings. The molecule has 3 heterocycles. The summed E-state index contributed by atoms with van der Waals surface area (Å²) in [4.78, 5) is 3.97. The van der Waals surface area contributed by atoms with Crippen LogP contribution in [0.2, 0.25) is 0 Å². The minimum absolute atomic E-state index is 0.410. The van der Waals surface area contributed by atoms with Crippen molar-refractivity contribution in [1.82, 2.24) is 14.8 Å². The van der Waals surface area contributed by atoms with Crippen molar-refractivity contribution in [2.75, 3.05) is 13.2 Å². The van der Waals surface area contributed by atoms with Gasteiger partial charge in [0.25, 0.3) is 0 Å². The fraction of sp³-hybridized carbons (Fsp3) is 0.333. The molecule has 21 heavy (non-hydrogen) atoms. The highest BCUT2D eigenvalue weighted by atomic mass is 16.7. The van der Waals surface area contributed by atoms with Crippen LogP contribution >= 0.6 is 0 Å². The fourth-order valence-electron chi connectivity index (χ4n) is 2.58. The predicted molar refractivity (Wildman–Crippen MR) is 74.4 cm³/mol. The van der Waals surface area contributed by atoms with Crippen molar-refractivity contribution >= 4 is 11.0 Å². The van der Waals surface area contributed by atoms with Gasteiger partial charge in [-0.15, -0.1) is 0 Å². The molecule has 0 radical (unpaired) electrons. The van der Waals surface area contributed by atoms with Gasteiger partial charge in [-0.05, 0) is 18.6 Å². The van der Waals surface area contributed by atoms with Gasteiger partial charge in [-0.1, -0.05) is 18.2 Å². The Morgan fingerprint density at radius 1 is 1.19 bits per heavy atom. The van der Waals surface area contributed by atoms with E-state index in [-0.39, 0.29) is 0 Å². The van der Waals surface area contributed by atoms with E-state index >= 15 is 0 Å². The molecule has 4 rings (SSSR count). The van der Waals surface area contributed by atoms with Crippen LogP contribution < -0.4 is 0 Å². The van der Waals surface area contributed by atoms with Gasteiger partial charge in [-0.25, -0.2) is 9.67 Å². The third kappa shape index (κ3) is 2.22. The van der Waals surface area contributed by atoms with E-state index in [1.54, 1.807) is 11.0 Å². The van der Waals surface area contributed by atoms with Gasteiger partial charge in [-0.2, -0.15) is 5.10 Å². The van der Waals surface area contributed by atoms with Gasteiger partial charge in [-0.3, -0.25) is 0 Å². The van der Waals surface area contributed by atoms with Gasteiger partial charge >= 0.3 is 0 Å². The third-order valence-corrected chi connectivity index (χ3v) is 3.60. The van der Waals surface area contributed by atoms with Crippen molar-refractivity contribution < 1.29 is 13.9 Å². The molecular weight excluding hydrogens is 270 g/mol. The van der Waals surface area contributed by atoms with Crippen LogP contribution in [0.3, 0.4) is 0 Å². The number of nitrogens with zero attached hydrogens (tertiary/aromatic N) is 3. The van der Waals surface area contributed by atoms with Crippen LogP contribution in [0.4, 0.5) is 0 Å². The molecule has 1 saturated heterocycles. The largest absolute Gasteiger partial charge is 0.455 e. The first-order valence-electron chi connectivity index (χ1n) is 6.95. The van der Waals surface area contributed by atoms with Gasteiger partial charge in [0.2, 0.25) is 5.79 Å². The van der Waals surface area contributed by atoms with Gasteiger partial charge in [0.1, 0.15) is 24.8 Å². The zero-order valence-electron chi connectivity index (χ0n) is 11.4. The average Bonchev–Trinajstić information content (AvgIpc) is 3.17. The second-order valence-corrected chi connectivity index (χ2v) is 5.04. The maximum Gasteiger partial charge on any atom is 0.248 e. The molecule has 0 saturated carbocycles. The molecule has 1 aliphatic heterocycles. The molecule has 0 bridgehead atoms. The Hall–Kier alpha value is -2.18. The van der Waals surface area contributed by atoms with E-state index in [4.69, 9.17) is 13.9 Å². The first-order valence-corrected chi connectivity index (χ1v) is 6.95. The number of furan rings is 1. The minimum Gasteiger partial charge on any atom is -0.455 e. The van der Waals surface area contributed by atoms with Crippen LogP contribution in [0.15, 0.2) is 47.4 Å². The topological polar surface area (TPSA) is 62.3 Å². The van der Waals surface area contributed by atoms with E-state index in [1.165, 1.54) is 6.33 Å².